The highest BCUT2D eigenvalue weighted by Gasteiger charge is 2.09. The minimum Gasteiger partial charge on any atom is -0.370 e. The lowest BCUT2D eigenvalue weighted by molar-refractivity contribution is 1.09. The molecule has 0 aliphatic carbocycles. The van der Waals surface area contributed by atoms with Crippen LogP contribution in [0.3, 0.4) is 0 Å². The van der Waals surface area contributed by atoms with Crippen molar-refractivity contribution in [1.82, 2.24) is 10.2 Å². The number of aliphatic imine (C=N–C) groups is 1. The molecule has 102 valence electrons. The maximum atomic E-state index is 5.33. The summed E-state index contributed by atoms with van der Waals surface area (Å²) in [5.41, 5.74) is 11.7. The van der Waals surface area contributed by atoms with Gasteiger partial charge in [-0.05, 0) is 10.8 Å². The molecule has 0 unspecified atom stereocenters. The van der Waals surface area contributed by atoms with Crippen LogP contribution in [0.15, 0.2) is 47.5 Å². The fraction of sp³-hybridized carbons (Fsp3) is 0. The van der Waals surface area contributed by atoms with Crippen LogP contribution in [-0.2, 0) is 0 Å². The topological polar surface area (TPSA) is 90.2 Å². The van der Waals surface area contributed by atoms with Crippen molar-refractivity contribution < 1.29 is 0 Å². The van der Waals surface area contributed by atoms with Crippen molar-refractivity contribution in [2.45, 2.75) is 0 Å². The second kappa shape index (κ2) is 5.85. The third-order valence-corrected chi connectivity index (χ3v) is 3.51. The summed E-state index contributed by atoms with van der Waals surface area (Å²) in [4.78, 5) is 3.90. The molecule has 0 amide bonds. The monoisotopic (exact) mass is 305 g/mol. The van der Waals surface area contributed by atoms with Crippen LogP contribution in [0, 0.1) is 0 Å². The molecule has 0 radical (unpaired) electrons. The summed E-state index contributed by atoms with van der Waals surface area (Å²) >= 11 is 1.36. The quantitative estimate of drug-likeness (QED) is 0.562. The van der Waals surface area contributed by atoms with Gasteiger partial charge < -0.3 is 11.5 Å². The normalized spacial score (nSPS) is 10.0. The van der Waals surface area contributed by atoms with E-state index in [0.29, 0.717) is 5.13 Å². The van der Waals surface area contributed by atoms with E-state index in [1.165, 1.54) is 16.7 Å². The largest absolute Gasteiger partial charge is 0.370 e. The Morgan fingerprint density at radius 2 is 1.75 bits per heavy atom. The number of benzene rings is 2. The third kappa shape index (κ3) is 2.71. The van der Waals surface area contributed by atoms with Crippen LogP contribution in [0.5, 0.6) is 0 Å². The first-order valence-corrected chi connectivity index (χ1v) is 6.47. The number of nitrogens with zero attached hydrogens (tertiary/aromatic N) is 3. The van der Waals surface area contributed by atoms with Crippen molar-refractivity contribution in [3.8, 4) is 10.6 Å². The van der Waals surface area contributed by atoms with E-state index in [9.17, 15) is 0 Å². The van der Waals surface area contributed by atoms with Gasteiger partial charge in [0, 0.05) is 5.56 Å². The lowest BCUT2D eigenvalue weighted by Gasteiger charge is -2.01. The maximum absolute atomic E-state index is 5.33. The summed E-state index contributed by atoms with van der Waals surface area (Å²) in [6.45, 7) is 0. The molecular weight excluding hydrogens is 294 g/mol. The Balaban J connectivity index is 0.00000147. The Morgan fingerprint density at radius 1 is 1.00 bits per heavy atom. The van der Waals surface area contributed by atoms with Crippen molar-refractivity contribution in [3.05, 3.63) is 42.5 Å². The van der Waals surface area contributed by atoms with Crippen molar-refractivity contribution >= 4 is 45.6 Å². The molecule has 1 aromatic heterocycles. The minimum atomic E-state index is -0.0133. The van der Waals surface area contributed by atoms with Gasteiger partial charge in [0.1, 0.15) is 5.01 Å². The molecular formula is C13H12ClN5S. The average Bonchev–Trinajstić information content (AvgIpc) is 2.85. The Bertz CT molecular complexity index is 759. The van der Waals surface area contributed by atoms with E-state index in [1.807, 2.05) is 24.3 Å². The van der Waals surface area contributed by atoms with Gasteiger partial charge >= 0.3 is 0 Å². The van der Waals surface area contributed by atoms with Gasteiger partial charge in [-0.15, -0.1) is 22.6 Å². The highest BCUT2D eigenvalue weighted by Crippen LogP contribution is 2.32. The first-order chi connectivity index (χ1) is 9.24. The fourth-order valence-electron chi connectivity index (χ4n) is 1.89. The molecule has 3 rings (SSSR count). The van der Waals surface area contributed by atoms with E-state index in [4.69, 9.17) is 11.5 Å². The second-order valence-corrected chi connectivity index (χ2v) is 4.91. The third-order valence-electron chi connectivity index (χ3n) is 2.66. The Morgan fingerprint density at radius 3 is 2.55 bits per heavy atom. The molecule has 5 nitrogen and oxygen atoms in total. The van der Waals surface area contributed by atoms with Crippen LogP contribution in [-0.4, -0.2) is 16.2 Å². The molecule has 0 saturated heterocycles. The van der Waals surface area contributed by atoms with Gasteiger partial charge in [0.2, 0.25) is 5.13 Å². The summed E-state index contributed by atoms with van der Waals surface area (Å²) in [7, 11) is 0. The SMILES string of the molecule is Cl.NC(N)=Nc1nnc(-c2cccc3ccccc23)s1. The maximum Gasteiger partial charge on any atom is 0.235 e. The van der Waals surface area contributed by atoms with E-state index < -0.39 is 0 Å². The van der Waals surface area contributed by atoms with Crippen molar-refractivity contribution in [2.75, 3.05) is 0 Å². The molecule has 1 heterocycles. The molecule has 0 aliphatic heterocycles. The van der Waals surface area contributed by atoms with Crippen molar-refractivity contribution in [1.29, 1.82) is 0 Å². The number of nitrogens with two attached hydrogens (primary N) is 2. The van der Waals surface area contributed by atoms with Gasteiger partial charge in [-0.1, -0.05) is 53.8 Å². The molecule has 0 saturated carbocycles. The van der Waals surface area contributed by atoms with Crippen molar-refractivity contribution in [3.63, 3.8) is 0 Å². The first kappa shape index (κ1) is 14.2. The zero-order valence-electron chi connectivity index (χ0n) is 10.4. The lowest BCUT2D eigenvalue weighted by Crippen LogP contribution is -2.21. The first-order valence-electron chi connectivity index (χ1n) is 5.65. The minimum absolute atomic E-state index is 0. The molecule has 0 atom stereocenters. The Labute approximate surface area is 125 Å². The average molecular weight is 306 g/mol. The van der Waals surface area contributed by atoms with Gasteiger partial charge in [0.25, 0.3) is 0 Å². The van der Waals surface area contributed by atoms with Gasteiger partial charge in [0.15, 0.2) is 5.96 Å². The molecule has 0 spiro atoms. The van der Waals surface area contributed by atoms with E-state index in [-0.39, 0.29) is 18.4 Å². The van der Waals surface area contributed by atoms with E-state index >= 15 is 0 Å². The van der Waals surface area contributed by atoms with Gasteiger partial charge in [-0.3, -0.25) is 0 Å². The molecule has 4 N–H and O–H groups in total. The Kier molecular flexibility index (Phi) is 4.16. The van der Waals surface area contributed by atoms with Crippen LogP contribution in [0.25, 0.3) is 21.3 Å². The van der Waals surface area contributed by atoms with E-state index in [0.717, 1.165) is 16.0 Å². The molecule has 7 heteroatoms. The van der Waals surface area contributed by atoms with Crippen molar-refractivity contribution in [2.24, 2.45) is 16.5 Å². The van der Waals surface area contributed by atoms with Gasteiger partial charge in [0.05, 0.1) is 0 Å². The molecule has 20 heavy (non-hydrogen) atoms. The molecule has 0 fully saturated rings. The Hall–Kier alpha value is -2.18. The smallest absolute Gasteiger partial charge is 0.235 e. The number of hydrogen-bond acceptors (Lipinski definition) is 4. The van der Waals surface area contributed by atoms with E-state index in [1.54, 1.807) is 0 Å². The summed E-state index contributed by atoms with van der Waals surface area (Å²) in [6, 6.07) is 14.2. The predicted molar refractivity (Wildman–Crippen MR) is 85.6 cm³/mol. The van der Waals surface area contributed by atoms with Crippen LogP contribution in [0.4, 0.5) is 5.13 Å². The fourth-order valence-corrected chi connectivity index (χ4v) is 2.67. The predicted octanol–water partition coefficient (Wildman–Crippen LogP) is 2.69. The number of aromatic nitrogens is 2. The highest BCUT2D eigenvalue weighted by molar-refractivity contribution is 7.18. The lowest BCUT2D eigenvalue weighted by atomic mass is 10.1. The second-order valence-electron chi connectivity index (χ2n) is 3.95. The highest BCUT2D eigenvalue weighted by atomic mass is 35.5. The van der Waals surface area contributed by atoms with Gasteiger partial charge in [-0.25, -0.2) is 0 Å². The standard InChI is InChI=1S/C13H11N5S.ClH/c14-12(15)16-13-18-17-11(19-13)10-7-3-5-8-4-1-2-6-9(8)10;/h1-7H,(H4,14,15,16,18);1H. The molecule has 3 aromatic rings. The van der Waals surface area contributed by atoms with Crippen LogP contribution in [0.1, 0.15) is 0 Å². The number of fused-ring (bicyclic) bond motifs is 1. The summed E-state index contributed by atoms with van der Waals surface area (Å²) < 4.78 is 0. The molecule has 0 aliphatic rings. The number of hydrogen-bond donors (Lipinski definition) is 2. The van der Waals surface area contributed by atoms with Crippen LogP contribution < -0.4 is 11.5 Å². The number of guanidine groups is 1. The summed E-state index contributed by atoms with van der Waals surface area (Å²) in [6.07, 6.45) is 0. The van der Waals surface area contributed by atoms with Gasteiger partial charge in [-0.2, -0.15) is 4.99 Å². The zero-order chi connectivity index (χ0) is 13.2. The summed E-state index contributed by atoms with van der Waals surface area (Å²) in [5, 5.41) is 11.7. The number of rotatable bonds is 2. The summed E-state index contributed by atoms with van der Waals surface area (Å²) in [5.74, 6) is -0.0133. The number of halogens is 1. The van der Waals surface area contributed by atoms with Crippen LogP contribution >= 0.6 is 23.7 Å². The molecule has 2 aromatic carbocycles. The zero-order valence-corrected chi connectivity index (χ0v) is 12.0. The van der Waals surface area contributed by atoms with E-state index in [2.05, 4.69) is 33.4 Å². The molecule has 0 bridgehead atoms. The van der Waals surface area contributed by atoms with Crippen LogP contribution in [0.2, 0.25) is 0 Å².